The molecule has 1 saturated carbocycles. The molecule has 150 valence electrons. The molecule has 0 radical (unpaired) electrons. The minimum absolute atomic E-state index is 0.0449. The molecule has 0 atom stereocenters. The van der Waals surface area contributed by atoms with E-state index in [-0.39, 0.29) is 5.91 Å². The van der Waals surface area contributed by atoms with Crippen molar-refractivity contribution in [3.63, 3.8) is 0 Å². The Bertz CT molecular complexity index is 1160. The summed E-state index contributed by atoms with van der Waals surface area (Å²) in [4.78, 5) is 15.1. The van der Waals surface area contributed by atoms with Crippen LogP contribution in [0, 0.1) is 0 Å². The number of halogens is 1. The molecular formula is C26H23BrN2O. The van der Waals surface area contributed by atoms with Crippen molar-refractivity contribution in [2.45, 2.75) is 25.8 Å². The number of hydrogen-bond donors (Lipinski definition) is 1. The second-order valence-corrected chi connectivity index (χ2v) is 8.91. The molecule has 3 aromatic carbocycles. The van der Waals surface area contributed by atoms with Crippen molar-refractivity contribution in [3.05, 3.63) is 105 Å². The number of amides is 1. The van der Waals surface area contributed by atoms with Crippen LogP contribution >= 0.6 is 15.9 Å². The van der Waals surface area contributed by atoms with Gasteiger partial charge in [-0.15, -0.1) is 0 Å². The lowest BCUT2D eigenvalue weighted by Crippen LogP contribution is -2.23. The van der Waals surface area contributed by atoms with E-state index in [0.29, 0.717) is 12.1 Å². The molecule has 3 aromatic rings. The number of hydrogen-bond acceptors (Lipinski definition) is 2. The van der Waals surface area contributed by atoms with E-state index in [1.807, 2.05) is 36.4 Å². The van der Waals surface area contributed by atoms with Crippen molar-refractivity contribution in [2.75, 3.05) is 11.9 Å². The van der Waals surface area contributed by atoms with Crippen LogP contribution in [0.25, 0.3) is 5.70 Å². The van der Waals surface area contributed by atoms with Crippen LogP contribution in [-0.2, 0) is 13.0 Å². The maximum atomic E-state index is 12.9. The first-order valence-corrected chi connectivity index (χ1v) is 11.1. The molecule has 4 heteroatoms. The van der Waals surface area contributed by atoms with Gasteiger partial charge in [-0.2, -0.15) is 0 Å². The van der Waals surface area contributed by atoms with E-state index in [0.717, 1.165) is 35.0 Å². The number of nitrogens with zero attached hydrogens (tertiary/aromatic N) is 1. The summed E-state index contributed by atoms with van der Waals surface area (Å²) in [5, 5.41) is 3.05. The van der Waals surface area contributed by atoms with Crippen LogP contribution in [-0.4, -0.2) is 13.0 Å². The van der Waals surface area contributed by atoms with Gasteiger partial charge in [-0.25, -0.2) is 0 Å². The van der Waals surface area contributed by atoms with Crippen LogP contribution in [0.3, 0.4) is 0 Å². The van der Waals surface area contributed by atoms with Crippen LogP contribution < -0.4 is 10.2 Å². The van der Waals surface area contributed by atoms with Crippen molar-refractivity contribution < 1.29 is 4.79 Å². The molecule has 1 aliphatic carbocycles. The lowest BCUT2D eigenvalue weighted by molar-refractivity contribution is 0.0951. The first-order chi connectivity index (χ1) is 14.6. The zero-order valence-electron chi connectivity index (χ0n) is 16.9. The van der Waals surface area contributed by atoms with Crippen molar-refractivity contribution >= 4 is 33.2 Å². The predicted octanol–water partition coefficient (Wildman–Crippen LogP) is 5.92. The zero-order chi connectivity index (χ0) is 20.7. The second kappa shape index (κ2) is 7.77. The first kappa shape index (κ1) is 19.1. The molecule has 0 bridgehead atoms. The van der Waals surface area contributed by atoms with E-state index in [2.05, 4.69) is 63.5 Å². The highest BCUT2D eigenvalue weighted by Crippen LogP contribution is 2.44. The van der Waals surface area contributed by atoms with Crippen molar-refractivity contribution in [3.8, 4) is 0 Å². The average molecular weight is 459 g/mol. The highest BCUT2D eigenvalue weighted by atomic mass is 79.9. The maximum Gasteiger partial charge on any atom is 0.251 e. The monoisotopic (exact) mass is 458 g/mol. The molecule has 30 heavy (non-hydrogen) atoms. The molecular weight excluding hydrogens is 436 g/mol. The zero-order valence-corrected chi connectivity index (χ0v) is 18.5. The van der Waals surface area contributed by atoms with Gasteiger partial charge in [0.15, 0.2) is 0 Å². The largest absolute Gasteiger partial charge is 0.348 e. The molecule has 1 N–H and O–H groups in total. The van der Waals surface area contributed by atoms with Crippen LogP contribution in [0.1, 0.15) is 45.5 Å². The molecule has 5 rings (SSSR count). The van der Waals surface area contributed by atoms with Gasteiger partial charge in [-0.1, -0.05) is 58.4 Å². The summed E-state index contributed by atoms with van der Waals surface area (Å²) in [6.07, 6.45) is 3.21. The second-order valence-electron chi connectivity index (χ2n) is 8.00. The molecule has 3 nitrogen and oxygen atoms in total. The standard InChI is InChI=1S/C26H23BrN2O/c1-29-24-15-21(26(30)28-16-17-6-12-22(27)13-7-17)11-10-20(24)14-19-4-2-3-5-23(19)25(29)18-8-9-18/h2-7,10-13,15H,8-9,14,16H2,1H3,(H,28,30). The van der Waals surface area contributed by atoms with Gasteiger partial charge in [0, 0.05) is 47.0 Å². The molecule has 0 spiro atoms. The normalized spacial score (nSPS) is 14.7. The number of benzene rings is 3. The predicted molar refractivity (Wildman–Crippen MR) is 126 cm³/mol. The Morgan fingerprint density at radius 1 is 1.00 bits per heavy atom. The molecule has 1 fully saturated rings. The molecule has 2 aliphatic rings. The summed E-state index contributed by atoms with van der Waals surface area (Å²) in [7, 11) is 2.13. The summed E-state index contributed by atoms with van der Waals surface area (Å²) in [6, 6.07) is 22.8. The van der Waals surface area contributed by atoms with Crippen LogP contribution in [0.5, 0.6) is 0 Å². The summed E-state index contributed by atoms with van der Waals surface area (Å²) in [5.41, 5.74) is 9.65. The Balaban J connectivity index is 1.44. The molecule has 0 saturated heterocycles. The fraction of sp³-hybridized carbons (Fsp3) is 0.192. The number of allylic oxidation sites excluding steroid dienone is 1. The van der Waals surface area contributed by atoms with Gasteiger partial charge < -0.3 is 10.2 Å². The van der Waals surface area contributed by atoms with Crippen LogP contribution in [0.4, 0.5) is 5.69 Å². The quantitative estimate of drug-likeness (QED) is 0.527. The van der Waals surface area contributed by atoms with Crippen molar-refractivity contribution in [2.24, 2.45) is 0 Å². The fourth-order valence-corrected chi connectivity index (χ4v) is 4.46. The minimum Gasteiger partial charge on any atom is -0.348 e. The molecule has 0 aromatic heterocycles. The van der Waals surface area contributed by atoms with Gasteiger partial charge >= 0.3 is 0 Å². The Hall–Kier alpha value is -2.85. The summed E-state index contributed by atoms with van der Waals surface area (Å²) in [6.45, 7) is 0.514. The number of carbonyl (C=O) groups excluding carboxylic acids is 1. The van der Waals surface area contributed by atoms with Crippen molar-refractivity contribution in [1.82, 2.24) is 5.32 Å². The lowest BCUT2D eigenvalue weighted by Gasteiger charge is -2.24. The Morgan fingerprint density at radius 3 is 2.53 bits per heavy atom. The molecule has 0 unspecified atom stereocenters. The first-order valence-electron chi connectivity index (χ1n) is 10.3. The summed E-state index contributed by atoms with van der Waals surface area (Å²) >= 11 is 3.44. The van der Waals surface area contributed by atoms with E-state index in [1.165, 1.54) is 28.0 Å². The van der Waals surface area contributed by atoms with Gasteiger partial charge in [-0.3, -0.25) is 4.79 Å². The molecule has 1 aliphatic heterocycles. The number of carbonyl (C=O) groups is 1. The van der Waals surface area contributed by atoms with Gasteiger partial charge in [0.1, 0.15) is 0 Å². The van der Waals surface area contributed by atoms with Crippen molar-refractivity contribution in [1.29, 1.82) is 0 Å². The van der Waals surface area contributed by atoms with Gasteiger partial charge in [0.2, 0.25) is 0 Å². The van der Waals surface area contributed by atoms with Crippen LogP contribution in [0.15, 0.2) is 76.8 Å². The van der Waals surface area contributed by atoms with Crippen LogP contribution in [0.2, 0.25) is 0 Å². The number of anilines is 1. The maximum absolute atomic E-state index is 12.9. The third-order valence-electron chi connectivity index (χ3n) is 5.90. The highest BCUT2D eigenvalue weighted by molar-refractivity contribution is 9.10. The average Bonchev–Trinajstić information content (AvgIpc) is 3.60. The van der Waals surface area contributed by atoms with E-state index in [1.54, 1.807) is 0 Å². The highest BCUT2D eigenvalue weighted by Gasteiger charge is 2.28. The minimum atomic E-state index is -0.0449. The van der Waals surface area contributed by atoms with Gasteiger partial charge in [-0.05, 0) is 59.4 Å². The lowest BCUT2D eigenvalue weighted by atomic mass is 9.98. The number of fused-ring (bicyclic) bond motifs is 2. The third kappa shape index (κ3) is 3.68. The Kier molecular flexibility index (Phi) is 4.95. The molecule has 1 amide bonds. The van der Waals surface area contributed by atoms with Gasteiger partial charge in [0.05, 0.1) is 0 Å². The van der Waals surface area contributed by atoms with E-state index >= 15 is 0 Å². The SMILES string of the molecule is CN1C(=C2CC2)c2ccccc2Cc2ccc(C(=O)NCc3ccc(Br)cc3)cc21. The number of rotatable bonds is 3. The number of nitrogens with one attached hydrogen (secondary N) is 1. The fourth-order valence-electron chi connectivity index (χ4n) is 4.19. The van der Waals surface area contributed by atoms with E-state index in [4.69, 9.17) is 0 Å². The van der Waals surface area contributed by atoms with E-state index in [9.17, 15) is 4.79 Å². The smallest absolute Gasteiger partial charge is 0.251 e. The Labute approximate surface area is 185 Å². The van der Waals surface area contributed by atoms with Gasteiger partial charge in [0.25, 0.3) is 5.91 Å². The molecule has 1 heterocycles. The Morgan fingerprint density at radius 2 is 1.77 bits per heavy atom. The van der Waals surface area contributed by atoms with E-state index < -0.39 is 0 Å². The summed E-state index contributed by atoms with van der Waals surface area (Å²) < 4.78 is 1.04. The summed E-state index contributed by atoms with van der Waals surface area (Å²) in [5.74, 6) is -0.0449. The third-order valence-corrected chi connectivity index (χ3v) is 6.43. The topological polar surface area (TPSA) is 32.3 Å².